The number of benzene rings is 1. The van der Waals surface area contributed by atoms with Crippen molar-refractivity contribution in [1.82, 2.24) is 15.1 Å². The number of rotatable bonds is 6. The van der Waals surface area contributed by atoms with Gasteiger partial charge in [0.25, 0.3) is 0 Å². The van der Waals surface area contributed by atoms with Crippen molar-refractivity contribution < 1.29 is 18.8 Å². The Bertz CT molecular complexity index is 747. The maximum atomic E-state index is 13.3. The van der Waals surface area contributed by atoms with E-state index >= 15 is 0 Å². The van der Waals surface area contributed by atoms with Crippen LogP contribution in [0.1, 0.15) is 38.2 Å². The maximum absolute atomic E-state index is 13.3. The highest BCUT2D eigenvalue weighted by Gasteiger charge is 2.34. The van der Waals surface area contributed by atoms with Gasteiger partial charge in [-0.1, -0.05) is 12.1 Å². The van der Waals surface area contributed by atoms with Gasteiger partial charge in [-0.3, -0.25) is 14.4 Å². The predicted molar refractivity (Wildman–Crippen MR) is 107 cm³/mol. The molecule has 3 amide bonds. The number of hydrogen-bond donors (Lipinski definition) is 1. The number of amides is 3. The normalized spacial score (nSPS) is 20.6. The average Bonchev–Trinajstić information content (AvgIpc) is 2.71. The van der Waals surface area contributed by atoms with Crippen LogP contribution in [0.25, 0.3) is 0 Å². The zero-order valence-corrected chi connectivity index (χ0v) is 17.0. The Balaban J connectivity index is 1.48. The summed E-state index contributed by atoms with van der Waals surface area (Å²) >= 11 is 0. The molecular weight excluding hydrogens is 373 g/mol. The number of carbonyl (C=O) groups is 3. The summed E-state index contributed by atoms with van der Waals surface area (Å²) in [6.07, 6.45) is 3.35. The summed E-state index contributed by atoms with van der Waals surface area (Å²) in [5, 5.41) is 2.85. The first kappa shape index (κ1) is 21.3. The molecule has 0 spiro atoms. The molecule has 2 aliphatic heterocycles. The van der Waals surface area contributed by atoms with Gasteiger partial charge in [0.05, 0.1) is 5.92 Å². The van der Waals surface area contributed by atoms with Crippen molar-refractivity contribution in [1.29, 1.82) is 0 Å². The van der Waals surface area contributed by atoms with Gasteiger partial charge in [-0.25, -0.2) is 4.39 Å². The van der Waals surface area contributed by atoms with Gasteiger partial charge in [-0.2, -0.15) is 0 Å². The minimum atomic E-state index is -0.276. The van der Waals surface area contributed by atoms with E-state index in [0.717, 1.165) is 18.4 Å². The molecule has 1 atom stereocenters. The Morgan fingerprint density at radius 2 is 1.97 bits per heavy atom. The number of nitrogens with one attached hydrogen (secondary N) is 1. The summed E-state index contributed by atoms with van der Waals surface area (Å²) in [4.78, 5) is 40.0. The molecule has 0 saturated carbocycles. The highest BCUT2D eigenvalue weighted by atomic mass is 19.1. The van der Waals surface area contributed by atoms with Gasteiger partial charge >= 0.3 is 0 Å². The molecule has 158 valence electrons. The van der Waals surface area contributed by atoms with Gasteiger partial charge < -0.3 is 15.1 Å². The fourth-order valence-electron chi connectivity index (χ4n) is 4.19. The van der Waals surface area contributed by atoms with E-state index in [2.05, 4.69) is 5.32 Å². The number of nitrogens with zero attached hydrogens (tertiary/aromatic N) is 2. The van der Waals surface area contributed by atoms with Crippen molar-refractivity contribution in [2.75, 3.05) is 32.7 Å². The molecular formula is C22H30FN3O3. The van der Waals surface area contributed by atoms with E-state index in [1.54, 1.807) is 11.0 Å². The molecule has 2 saturated heterocycles. The standard InChI is InChI=1S/C22H30FN3O3/c1-16(27)24-14-18-8-10-25(11-9-18)22(29)19-5-6-21(28)26(15-19)12-7-17-3-2-4-20(23)13-17/h2-4,13,18-19H,5-12,14-15H2,1H3,(H,24,27)/t19-/m1/s1. The summed E-state index contributed by atoms with van der Waals surface area (Å²) in [7, 11) is 0. The van der Waals surface area contributed by atoms with E-state index in [4.69, 9.17) is 0 Å². The zero-order chi connectivity index (χ0) is 20.8. The summed E-state index contributed by atoms with van der Waals surface area (Å²) in [5.74, 6) is 0.160. The Hall–Kier alpha value is -2.44. The second-order valence-corrected chi connectivity index (χ2v) is 8.16. The summed E-state index contributed by atoms with van der Waals surface area (Å²) in [5.41, 5.74) is 0.854. The third-order valence-electron chi connectivity index (χ3n) is 5.97. The van der Waals surface area contributed by atoms with Crippen LogP contribution >= 0.6 is 0 Å². The Labute approximate surface area is 171 Å². The molecule has 1 aromatic carbocycles. The summed E-state index contributed by atoms with van der Waals surface area (Å²) in [6, 6.07) is 6.42. The lowest BCUT2D eigenvalue weighted by Gasteiger charge is -2.37. The quantitative estimate of drug-likeness (QED) is 0.790. The van der Waals surface area contributed by atoms with Crippen LogP contribution in [0.15, 0.2) is 24.3 Å². The molecule has 6 nitrogen and oxygen atoms in total. The lowest BCUT2D eigenvalue weighted by Crippen LogP contribution is -2.49. The molecule has 0 aliphatic carbocycles. The van der Waals surface area contributed by atoms with Crippen molar-refractivity contribution in [3.05, 3.63) is 35.6 Å². The highest BCUT2D eigenvalue weighted by molar-refractivity contribution is 5.84. The van der Waals surface area contributed by atoms with Crippen molar-refractivity contribution >= 4 is 17.7 Å². The van der Waals surface area contributed by atoms with Gasteiger partial charge in [-0.15, -0.1) is 0 Å². The molecule has 1 aromatic rings. The zero-order valence-electron chi connectivity index (χ0n) is 17.0. The van der Waals surface area contributed by atoms with Crippen LogP contribution in [-0.4, -0.2) is 60.2 Å². The summed E-state index contributed by atoms with van der Waals surface area (Å²) in [6.45, 7) is 4.55. The minimum absolute atomic E-state index is 0.0197. The lowest BCUT2D eigenvalue weighted by molar-refractivity contribution is -0.144. The van der Waals surface area contributed by atoms with Gasteiger partial charge in [0.1, 0.15) is 5.82 Å². The molecule has 0 aromatic heterocycles. The van der Waals surface area contributed by atoms with E-state index in [1.807, 2.05) is 11.0 Å². The topological polar surface area (TPSA) is 69.7 Å². The van der Waals surface area contributed by atoms with Crippen molar-refractivity contribution in [3.63, 3.8) is 0 Å². The molecule has 0 unspecified atom stereocenters. The number of piperidine rings is 2. The molecule has 29 heavy (non-hydrogen) atoms. The fraction of sp³-hybridized carbons (Fsp3) is 0.591. The van der Waals surface area contributed by atoms with E-state index < -0.39 is 0 Å². The smallest absolute Gasteiger partial charge is 0.227 e. The van der Waals surface area contributed by atoms with Crippen LogP contribution in [0, 0.1) is 17.7 Å². The Morgan fingerprint density at radius 1 is 1.21 bits per heavy atom. The minimum Gasteiger partial charge on any atom is -0.356 e. The first-order valence-corrected chi connectivity index (χ1v) is 10.5. The summed E-state index contributed by atoms with van der Waals surface area (Å²) < 4.78 is 13.3. The number of hydrogen-bond acceptors (Lipinski definition) is 3. The van der Waals surface area contributed by atoms with Crippen LogP contribution in [0.4, 0.5) is 4.39 Å². The second-order valence-electron chi connectivity index (χ2n) is 8.16. The molecule has 2 aliphatic rings. The molecule has 0 bridgehead atoms. The predicted octanol–water partition coefficient (Wildman–Crippen LogP) is 1.98. The Morgan fingerprint density at radius 3 is 2.66 bits per heavy atom. The lowest BCUT2D eigenvalue weighted by atomic mass is 9.92. The first-order valence-electron chi connectivity index (χ1n) is 10.5. The monoisotopic (exact) mass is 403 g/mol. The molecule has 2 fully saturated rings. The third-order valence-corrected chi connectivity index (χ3v) is 5.97. The van der Waals surface area contributed by atoms with E-state index in [0.29, 0.717) is 57.9 Å². The highest BCUT2D eigenvalue weighted by Crippen LogP contribution is 2.24. The van der Waals surface area contributed by atoms with Crippen LogP contribution in [0.2, 0.25) is 0 Å². The van der Waals surface area contributed by atoms with Crippen LogP contribution in [-0.2, 0) is 20.8 Å². The second kappa shape index (κ2) is 9.85. The van der Waals surface area contributed by atoms with E-state index in [1.165, 1.54) is 19.1 Å². The first-order chi connectivity index (χ1) is 13.9. The largest absolute Gasteiger partial charge is 0.356 e. The molecule has 7 heteroatoms. The van der Waals surface area contributed by atoms with Gasteiger partial charge in [-0.05, 0) is 49.3 Å². The van der Waals surface area contributed by atoms with Crippen molar-refractivity contribution in [3.8, 4) is 0 Å². The SMILES string of the molecule is CC(=O)NCC1CCN(C(=O)[C@@H]2CCC(=O)N(CCc3cccc(F)c3)C2)CC1. The van der Waals surface area contributed by atoms with E-state index in [-0.39, 0.29) is 29.5 Å². The molecule has 3 rings (SSSR count). The van der Waals surface area contributed by atoms with Gasteiger partial charge in [0.15, 0.2) is 0 Å². The molecule has 2 heterocycles. The van der Waals surface area contributed by atoms with Crippen LogP contribution in [0.5, 0.6) is 0 Å². The Kier molecular flexibility index (Phi) is 7.23. The number of carbonyl (C=O) groups excluding carboxylic acids is 3. The van der Waals surface area contributed by atoms with Crippen LogP contribution in [0.3, 0.4) is 0 Å². The number of halogens is 1. The van der Waals surface area contributed by atoms with Crippen molar-refractivity contribution in [2.45, 2.75) is 39.0 Å². The molecule has 1 N–H and O–H groups in total. The van der Waals surface area contributed by atoms with Gasteiger partial charge in [0, 0.05) is 46.1 Å². The van der Waals surface area contributed by atoms with E-state index in [9.17, 15) is 18.8 Å². The molecule has 0 radical (unpaired) electrons. The third kappa shape index (κ3) is 6.02. The average molecular weight is 403 g/mol. The fourth-order valence-corrected chi connectivity index (χ4v) is 4.19. The van der Waals surface area contributed by atoms with Gasteiger partial charge in [0.2, 0.25) is 17.7 Å². The van der Waals surface area contributed by atoms with Crippen LogP contribution < -0.4 is 5.32 Å². The van der Waals surface area contributed by atoms with Crippen molar-refractivity contribution in [2.24, 2.45) is 11.8 Å². The number of likely N-dealkylation sites (tertiary alicyclic amines) is 2. The maximum Gasteiger partial charge on any atom is 0.227 e.